The van der Waals surface area contributed by atoms with Gasteiger partial charge in [0.05, 0.1) is 5.25 Å². The molecule has 0 aromatic carbocycles. The van der Waals surface area contributed by atoms with E-state index in [1.807, 2.05) is 27.0 Å². The number of carbonyl (C=O) groups is 1. The van der Waals surface area contributed by atoms with Crippen LogP contribution in [0.2, 0.25) is 0 Å². The average Bonchev–Trinajstić information content (AvgIpc) is 2.62. The Bertz CT molecular complexity index is 385. The number of thioether (sulfide) groups is 1. The van der Waals surface area contributed by atoms with Crippen LogP contribution < -0.4 is 5.32 Å². The van der Waals surface area contributed by atoms with Gasteiger partial charge in [0.1, 0.15) is 0 Å². The molecule has 0 aliphatic rings. The summed E-state index contributed by atoms with van der Waals surface area (Å²) >= 11 is 1.55. The summed E-state index contributed by atoms with van der Waals surface area (Å²) in [6, 6.07) is 0. The molecule has 1 heterocycles. The molecule has 0 aliphatic carbocycles. The molecule has 1 N–H and O–H groups in total. The van der Waals surface area contributed by atoms with E-state index in [1.54, 1.807) is 23.5 Å². The van der Waals surface area contributed by atoms with Gasteiger partial charge in [0, 0.05) is 13.0 Å². The second kappa shape index (κ2) is 6.05. The number of anilines is 1. The molecule has 0 saturated heterocycles. The maximum Gasteiger partial charge on any atom is 0.239 e. The van der Waals surface area contributed by atoms with Crippen molar-refractivity contribution in [2.75, 3.05) is 11.6 Å². The molecule has 0 bridgehead atoms. The predicted molar refractivity (Wildman–Crippen MR) is 71.3 cm³/mol. The van der Waals surface area contributed by atoms with E-state index in [0.717, 1.165) is 12.2 Å². The standard InChI is InChI=1S/C11H20N4OS/c1-6-8(17-5)10(16)13-11-12-9(7(2)3)14-15(11)4/h7-8H,6H2,1-5H3,(H,12,13,14,16). The number of amides is 1. The van der Waals surface area contributed by atoms with Gasteiger partial charge in [-0.3, -0.25) is 10.1 Å². The Morgan fingerprint density at radius 3 is 2.59 bits per heavy atom. The Morgan fingerprint density at radius 2 is 2.18 bits per heavy atom. The van der Waals surface area contributed by atoms with E-state index in [4.69, 9.17) is 0 Å². The molecule has 0 fully saturated rings. The van der Waals surface area contributed by atoms with Gasteiger partial charge < -0.3 is 0 Å². The highest BCUT2D eigenvalue weighted by molar-refractivity contribution is 7.99. The Kier molecular flexibility index (Phi) is 4.99. The minimum atomic E-state index is -0.0331. The lowest BCUT2D eigenvalue weighted by molar-refractivity contribution is -0.115. The topological polar surface area (TPSA) is 59.8 Å². The average molecular weight is 256 g/mol. The zero-order chi connectivity index (χ0) is 13.0. The first-order valence-electron chi connectivity index (χ1n) is 5.74. The molecule has 0 aliphatic heterocycles. The molecule has 1 aromatic rings. The van der Waals surface area contributed by atoms with Gasteiger partial charge in [-0.15, -0.1) is 0 Å². The van der Waals surface area contributed by atoms with Gasteiger partial charge in [0.15, 0.2) is 5.82 Å². The summed E-state index contributed by atoms with van der Waals surface area (Å²) in [4.78, 5) is 16.2. The number of rotatable bonds is 5. The van der Waals surface area contributed by atoms with Crippen molar-refractivity contribution in [3.8, 4) is 0 Å². The van der Waals surface area contributed by atoms with Crippen molar-refractivity contribution in [2.45, 2.75) is 38.4 Å². The summed E-state index contributed by atoms with van der Waals surface area (Å²) in [7, 11) is 1.79. The van der Waals surface area contributed by atoms with E-state index in [-0.39, 0.29) is 17.1 Å². The number of hydrogen-bond acceptors (Lipinski definition) is 4. The minimum Gasteiger partial charge on any atom is -0.294 e. The molecule has 5 nitrogen and oxygen atoms in total. The third-order valence-corrected chi connectivity index (χ3v) is 3.60. The summed E-state index contributed by atoms with van der Waals surface area (Å²) in [5, 5.41) is 7.04. The van der Waals surface area contributed by atoms with Gasteiger partial charge in [0.25, 0.3) is 0 Å². The SMILES string of the molecule is CCC(SC)C(=O)Nc1nc(C(C)C)nn1C. The normalized spacial score (nSPS) is 12.8. The molecule has 1 aromatic heterocycles. The van der Waals surface area contributed by atoms with Crippen molar-refractivity contribution in [1.29, 1.82) is 0 Å². The molecule has 1 atom stereocenters. The van der Waals surface area contributed by atoms with Crippen LogP contribution in [0.25, 0.3) is 0 Å². The van der Waals surface area contributed by atoms with Crippen LogP contribution in [0.5, 0.6) is 0 Å². The van der Waals surface area contributed by atoms with Crippen LogP contribution in [-0.4, -0.2) is 32.2 Å². The largest absolute Gasteiger partial charge is 0.294 e. The molecule has 96 valence electrons. The number of aromatic nitrogens is 3. The van der Waals surface area contributed by atoms with Gasteiger partial charge in [-0.25, -0.2) is 4.68 Å². The first-order chi connectivity index (χ1) is 7.99. The van der Waals surface area contributed by atoms with Crippen LogP contribution in [0.3, 0.4) is 0 Å². The number of carbonyl (C=O) groups excluding carboxylic acids is 1. The van der Waals surface area contributed by atoms with Gasteiger partial charge in [-0.05, 0) is 12.7 Å². The predicted octanol–water partition coefficient (Wildman–Crippen LogP) is 2.02. The third-order valence-electron chi connectivity index (χ3n) is 2.48. The molecular formula is C11H20N4OS. The zero-order valence-electron chi connectivity index (χ0n) is 11.0. The summed E-state index contributed by atoms with van der Waals surface area (Å²) in [6.45, 7) is 6.05. The maximum atomic E-state index is 11.9. The fourth-order valence-corrected chi connectivity index (χ4v) is 2.01. The smallest absolute Gasteiger partial charge is 0.239 e. The van der Waals surface area contributed by atoms with E-state index in [9.17, 15) is 4.79 Å². The number of hydrogen-bond donors (Lipinski definition) is 1. The van der Waals surface area contributed by atoms with E-state index < -0.39 is 0 Å². The Balaban J connectivity index is 2.77. The van der Waals surface area contributed by atoms with Crippen LogP contribution in [0.1, 0.15) is 38.9 Å². The quantitative estimate of drug-likeness (QED) is 0.875. The fraction of sp³-hybridized carbons (Fsp3) is 0.727. The third kappa shape index (κ3) is 3.46. The van der Waals surface area contributed by atoms with Gasteiger partial charge >= 0.3 is 0 Å². The second-order valence-electron chi connectivity index (χ2n) is 4.19. The van der Waals surface area contributed by atoms with Crippen molar-refractivity contribution in [2.24, 2.45) is 7.05 Å². The Morgan fingerprint density at radius 1 is 1.53 bits per heavy atom. The van der Waals surface area contributed by atoms with Crippen molar-refractivity contribution < 1.29 is 4.79 Å². The van der Waals surface area contributed by atoms with Crippen molar-refractivity contribution in [1.82, 2.24) is 14.8 Å². The van der Waals surface area contributed by atoms with Crippen LogP contribution in [-0.2, 0) is 11.8 Å². The van der Waals surface area contributed by atoms with Crippen molar-refractivity contribution in [3.05, 3.63) is 5.82 Å². The molecule has 6 heteroatoms. The highest BCUT2D eigenvalue weighted by Crippen LogP contribution is 2.15. The van der Waals surface area contributed by atoms with Gasteiger partial charge in [-0.2, -0.15) is 21.8 Å². The summed E-state index contributed by atoms with van der Waals surface area (Å²) in [6.07, 6.45) is 2.74. The number of nitrogens with zero attached hydrogens (tertiary/aromatic N) is 3. The summed E-state index contributed by atoms with van der Waals surface area (Å²) < 4.78 is 1.61. The Labute approximate surface area is 106 Å². The highest BCUT2D eigenvalue weighted by Gasteiger charge is 2.18. The van der Waals surface area contributed by atoms with E-state index >= 15 is 0 Å². The fourth-order valence-electron chi connectivity index (χ4n) is 1.41. The van der Waals surface area contributed by atoms with Crippen LogP contribution >= 0.6 is 11.8 Å². The monoisotopic (exact) mass is 256 g/mol. The minimum absolute atomic E-state index is 0.00851. The first-order valence-corrected chi connectivity index (χ1v) is 7.03. The lowest BCUT2D eigenvalue weighted by Crippen LogP contribution is -2.25. The maximum absolute atomic E-state index is 11.9. The Hall–Kier alpha value is -1.04. The molecule has 0 spiro atoms. The number of nitrogens with one attached hydrogen (secondary N) is 1. The number of aryl methyl sites for hydroxylation is 1. The van der Waals surface area contributed by atoms with E-state index in [1.165, 1.54) is 0 Å². The molecular weight excluding hydrogens is 236 g/mol. The lowest BCUT2D eigenvalue weighted by atomic mass is 10.2. The van der Waals surface area contributed by atoms with Crippen LogP contribution in [0, 0.1) is 0 Å². The zero-order valence-corrected chi connectivity index (χ0v) is 11.8. The molecule has 1 rings (SSSR count). The summed E-state index contributed by atoms with van der Waals surface area (Å²) in [5.74, 6) is 1.52. The van der Waals surface area contributed by atoms with Gasteiger partial charge in [0.2, 0.25) is 11.9 Å². The van der Waals surface area contributed by atoms with E-state index in [2.05, 4.69) is 15.4 Å². The molecule has 0 radical (unpaired) electrons. The molecule has 1 amide bonds. The van der Waals surface area contributed by atoms with Crippen molar-refractivity contribution in [3.63, 3.8) is 0 Å². The van der Waals surface area contributed by atoms with E-state index in [0.29, 0.717) is 5.95 Å². The highest BCUT2D eigenvalue weighted by atomic mass is 32.2. The first kappa shape index (κ1) is 14.0. The molecule has 17 heavy (non-hydrogen) atoms. The summed E-state index contributed by atoms with van der Waals surface area (Å²) in [5.41, 5.74) is 0. The van der Waals surface area contributed by atoms with Crippen LogP contribution in [0.15, 0.2) is 0 Å². The lowest BCUT2D eigenvalue weighted by Gasteiger charge is -2.10. The molecule has 1 unspecified atom stereocenters. The van der Waals surface area contributed by atoms with Gasteiger partial charge in [-0.1, -0.05) is 20.8 Å². The van der Waals surface area contributed by atoms with Crippen molar-refractivity contribution >= 4 is 23.6 Å². The molecule has 0 saturated carbocycles. The van der Waals surface area contributed by atoms with Crippen LogP contribution in [0.4, 0.5) is 5.95 Å². The second-order valence-corrected chi connectivity index (χ2v) is 5.23.